The van der Waals surface area contributed by atoms with Gasteiger partial charge in [-0.25, -0.2) is 0 Å². The van der Waals surface area contributed by atoms with Gasteiger partial charge in [-0.05, 0) is 26.1 Å². The topological polar surface area (TPSA) is 79.0 Å². The van der Waals surface area contributed by atoms with E-state index in [0.717, 1.165) is 4.90 Å². The molecule has 0 amide bonds. The van der Waals surface area contributed by atoms with Crippen molar-refractivity contribution in [3.63, 3.8) is 0 Å². The largest absolute Gasteiger partial charge is 0.302 e. The molecule has 1 rings (SSSR count). The number of nitro benzene ring substituents is 1. The lowest BCUT2D eigenvalue weighted by molar-refractivity contribution is -0.384. The van der Waals surface area contributed by atoms with Crippen molar-refractivity contribution < 1.29 is 4.92 Å². The van der Waals surface area contributed by atoms with Crippen molar-refractivity contribution in [2.45, 2.75) is 17.4 Å². The number of non-ortho nitro benzene ring substituents is 1. The van der Waals surface area contributed by atoms with Gasteiger partial charge in [-0.1, -0.05) is 0 Å². The van der Waals surface area contributed by atoms with Crippen LogP contribution in [0.15, 0.2) is 29.2 Å². The van der Waals surface area contributed by atoms with Crippen LogP contribution in [0.1, 0.15) is 6.92 Å². The van der Waals surface area contributed by atoms with Crippen molar-refractivity contribution in [1.82, 2.24) is 5.32 Å². The van der Waals surface area contributed by atoms with Gasteiger partial charge in [-0.15, -0.1) is 11.8 Å². The Morgan fingerprint density at radius 3 is 2.53 bits per heavy atom. The molecule has 1 N–H and O–H groups in total. The lowest BCUT2D eigenvalue weighted by Crippen LogP contribution is -2.40. The average molecular weight is 251 g/mol. The van der Waals surface area contributed by atoms with Gasteiger partial charge in [0.15, 0.2) is 0 Å². The maximum Gasteiger partial charge on any atom is 0.269 e. The van der Waals surface area contributed by atoms with Gasteiger partial charge < -0.3 is 5.32 Å². The van der Waals surface area contributed by atoms with E-state index < -0.39 is 10.5 Å². The van der Waals surface area contributed by atoms with Crippen LogP contribution in [0.3, 0.4) is 0 Å². The standard InChI is InChI=1S/C11H13N3O2S/c1-11(7-12,13-2)8-17-10-5-3-9(4-6-10)14(15)16/h3-6,13H,8H2,1-2H3. The van der Waals surface area contributed by atoms with Gasteiger partial charge in [-0.3, -0.25) is 10.1 Å². The fourth-order valence-corrected chi connectivity index (χ4v) is 2.04. The van der Waals surface area contributed by atoms with E-state index in [0.29, 0.717) is 5.75 Å². The molecule has 0 fully saturated rings. The lowest BCUT2D eigenvalue weighted by atomic mass is 10.1. The zero-order valence-electron chi connectivity index (χ0n) is 9.64. The molecule has 17 heavy (non-hydrogen) atoms. The molecule has 6 heteroatoms. The van der Waals surface area contributed by atoms with E-state index in [4.69, 9.17) is 5.26 Å². The second-order valence-electron chi connectivity index (χ2n) is 3.73. The second kappa shape index (κ2) is 5.66. The van der Waals surface area contributed by atoms with E-state index in [1.165, 1.54) is 23.9 Å². The smallest absolute Gasteiger partial charge is 0.269 e. The van der Waals surface area contributed by atoms with E-state index in [1.807, 2.05) is 6.92 Å². The fourth-order valence-electron chi connectivity index (χ4n) is 1.05. The molecular weight excluding hydrogens is 238 g/mol. The van der Waals surface area contributed by atoms with Crippen molar-refractivity contribution in [3.8, 4) is 6.07 Å². The number of thioether (sulfide) groups is 1. The van der Waals surface area contributed by atoms with Crippen molar-refractivity contribution in [2.24, 2.45) is 0 Å². The monoisotopic (exact) mass is 251 g/mol. The summed E-state index contributed by atoms with van der Waals surface area (Å²) in [7, 11) is 1.74. The minimum atomic E-state index is -0.591. The summed E-state index contributed by atoms with van der Waals surface area (Å²) in [6, 6.07) is 8.50. The number of hydrogen-bond acceptors (Lipinski definition) is 5. The normalized spacial score (nSPS) is 13.7. The molecule has 0 aliphatic heterocycles. The molecule has 0 bridgehead atoms. The molecule has 1 aromatic carbocycles. The van der Waals surface area contributed by atoms with Crippen molar-refractivity contribution in [3.05, 3.63) is 34.4 Å². The van der Waals surface area contributed by atoms with Gasteiger partial charge in [0.2, 0.25) is 0 Å². The predicted octanol–water partition coefficient (Wildman–Crippen LogP) is 2.19. The van der Waals surface area contributed by atoms with Crippen molar-refractivity contribution in [1.29, 1.82) is 5.26 Å². The number of rotatable bonds is 5. The molecule has 90 valence electrons. The minimum absolute atomic E-state index is 0.0750. The van der Waals surface area contributed by atoms with E-state index in [-0.39, 0.29) is 5.69 Å². The molecular formula is C11H13N3O2S. The average Bonchev–Trinajstić information content (AvgIpc) is 2.36. The van der Waals surface area contributed by atoms with Crippen LogP contribution in [0.2, 0.25) is 0 Å². The molecule has 0 saturated heterocycles. The highest BCUT2D eigenvalue weighted by Crippen LogP contribution is 2.24. The third kappa shape index (κ3) is 3.73. The summed E-state index contributed by atoms with van der Waals surface area (Å²) in [5.41, 5.74) is -0.516. The molecule has 0 heterocycles. The SMILES string of the molecule is CNC(C)(C#N)CSc1ccc([N+](=O)[O-])cc1. The highest BCUT2D eigenvalue weighted by Gasteiger charge is 2.21. The Morgan fingerprint density at radius 2 is 2.12 bits per heavy atom. The third-order valence-electron chi connectivity index (χ3n) is 2.37. The summed E-state index contributed by atoms with van der Waals surface area (Å²) >= 11 is 1.49. The van der Waals surface area contributed by atoms with E-state index >= 15 is 0 Å². The molecule has 5 nitrogen and oxygen atoms in total. The van der Waals surface area contributed by atoms with Crippen LogP contribution in [0.25, 0.3) is 0 Å². The van der Waals surface area contributed by atoms with Crippen LogP contribution in [0.5, 0.6) is 0 Å². The van der Waals surface area contributed by atoms with Gasteiger partial charge in [0.1, 0.15) is 5.54 Å². The van der Waals surface area contributed by atoms with E-state index in [2.05, 4.69) is 11.4 Å². The Kier molecular flexibility index (Phi) is 4.49. The summed E-state index contributed by atoms with van der Waals surface area (Å²) in [6.07, 6.45) is 0. The van der Waals surface area contributed by atoms with Crippen LogP contribution < -0.4 is 5.32 Å². The third-order valence-corrected chi connectivity index (χ3v) is 3.70. The van der Waals surface area contributed by atoms with Gasteiger partial charge >= 0.3 is 0 Å². The van der Waals surface area contributed by atoms with Crippen molar-refractivity contribution >= 4 is 17.4 Å². The predicted molar refractivity (Wildman–Crippen MR) is 66.9 cm³/mol. The van der Waals surface area contributed by atoms with Gasteiger partial charge in [0.25, 0.3) is 5.69 Å². The molecule has 0 aliphatic carbocycles. The Morgan fingerprint density at radius 1 is 1.53 bits per heavy atom. The highest BCUT2D eigenvalue weighted by molar-refractivity contribution is 7.99. The highest BCUT2D eigenvalue weighted by atomic mass is 32.2. The molecule has 1 unspecified atom stereocenters. The Labute approximate surface area is 104 Å². The van der Waals surface area contributed by atoms with Gasteiger partial charge in [-0.2, -0.15) is 5.26 Å². The minimum Gasteiger partial charge on any atom is -0.302 e. The molecule has 0 radical (unpaired) electrons. The molecule has 1 aromatic rings. The van der Waals surface area contributed by atoms with Crippen LogP contribution in [0, 0.1) is 21.4 Å². The van der Waals surface area contributed by atoms with E-state index in [1.54, 1.807) is 19.2 Å². The number of benzene rings is 1. The number of hydrogen-bond donors (Lipinski definition) is 1. The maximum absolute atomic E-state index is 10.5. The number of nitriles is 1. The van der Waals surface area contributed by atoms with Crippen LogP contribution in [0.4, 0.5) is 5.69 Å². The molecule has 1 atom stereocenters. The van der Waals surface area contributed by atoms with Crippen LogP contribution in [-0.4, -0.2) is 23.3 Å². The molecule has 0 aromatic heterocycles. The zero-order valence-corrected chi connectivity index (χ0v) is 10.5. The first-order chi connectivity index (χ1) is 8.00. The first kappa shape index (κ1) is 13.5. The second-order valence-corrected chi connectivity index (χ2v) is 4.78. The molecule has 0 saturated carbocycles. The quantitative estimate of drug-likeness (QED) is 0.493. The zero-order chi connectivity index (χ0) is 12.9. The Bertz CT molecular complexity index is 441. The van der Waals surface area contributed by atoms with E-state index in [9.17, 15) is 10.1 Å². The summed E-state index contributed by atoms with van der Waals surface area (Å²) in [4.78, 5) is 10.9. The first-order valence-corrected chi connectivity index (χ1v) is 5.97. The molecule has 0 aliphatic rings. The van der Waals surface area contributed by atoms with Crippen LogP contribution in [-0.2, 0) is 0 Å². The fraction of sp³-hybridized carbons (Fsp3) is 0.364. The van der Waals surface area contributed by atoms with Crippen LogP contribution >= 0.6 is 11.8 Å². The van der Waals surface area contributed by atoms with Gasteiger partial charge in [0, 0.05) is 22.8 Å². The summed E-state index contributed by atoms with van der Waals surface area (Å²) < 4.78 is 0. The Balaban J connectivity index is 2.65. The first-order valence-electron chi connectivity index (χ1n) is 4.98. The maximum atomic E-state index is 10.5. The summed E-state index contributed by atoms with van der Waals surface area (Å²) in [5.74, 6) is 0.581. The number of nitro groups is 1. The van der Waals surface area contributed by atoms with Crippen molar-refractivity contribution in [2.75, 3.05) is 12.8 Å². The molecule has 0 spiro atoms. The van der Waals surface area contributed by atoms with Gasteiger partial charge in [0.05, 0.1) is 11.0 Å². The Hall–Kier alpha value is -1.58. The number of nitrogens with zero attached hydrogens (tertiary/aromatic N) is 2. The summed E-state index contributed by atoms with van der Waals surface area (Å²) in [5, 5.41) is 22.4. The number of nitrogens with one attached hydrogen (secondary N) is 1. The lowest BCUT2D eigenvalue weighted by Gasteiger charge is -2.19. The summed E-state index contributed by atoms with van der Waals surface area (Å²) in [6.45, 7) is 1.81.